The summed E-state index contributed by atoms with van der Waals surface area (Å²) in [6, 6.07) is 3.53. The van der Waals surface area contributed by atoms with Crippen molar-refractivity contribution < 1.29 is 13.3 Å². The Balaban J connectivity index is 2.46. The van der Waals surface area contributed by atoms with Gasteiger partial charge in [0.2, 0.25) is 10.0 Å². The van der Waals surface area contributed by atoms with Crippen molar-refractivity contribution >= 4 is 21.4 Å². The van der Waals surface area contributed by atoms with Gasteiger partial charge in [0.15, 0.2) is 4.90 Å². The maximum atomic E-state index is 12.1. The van der Waals surface area contributed by atoms with Gasteiger partial charge in [0.25, 0.3) is 5.69 Å². The number of rotatable bonds is 4. The van der Waals surface area contributed by atoms with E-state index in [1.54, 1.807) is 6.92 Å². The SMILES string of the molecule is CC1(NS(=O)(=O)c2ccc(N)cc2[N+](=O)[O-])CC1. The van der Waals surface area contributed by atoms with E-state index in [2.05, 4.69) is 4.72 Å². The molecule has 1 aromatic carbocycles. The molecule has 2 rings (SSSR count). The number of nitrogens with two attached hydrogens (primary N) is 1. The Hall–Kier alpha value is -1.67. The Kier molecular flexibility index (Phi) is 2.78. The first-order valence-electron chi connectivity index (χ1n) is 5.31. The molecule has 3 N–H and O–H groups in total. The highest BCUT2D eigenvalue weighted by Crippen LogP contribution is 2.37. The summed E-state index contributed by atoms with van der Waals surface area (Å²) in [5.74, 6) is 0. The summed E-state index contributed by atoms with van der Waals surface area (Å²) >= 11 is 0. The van der Waals surface area contributed by atoms with Gasteiger partial charge in [-0.3, -0.25) is 10.1 Å². The number of nitro benzene ring substituents is 1. The largest absolute Gasteiger partial charge is 0.399 e. The maximum Gasteiger partial charge on any atom is 0.291 e. The summed E-state index contributed by atoms with van der Waals surface area (Å²) in [7, 11) is -3.90. The molecule has 98 valence electrons. The summed E-state index contributed by atoms with van der Waals surface area (Å²) in [5.41, 5.74) is 4.59. The van der Waals surface area contributed by atoms with Crippen LogP contribution in [0.15, 0.2) is 23.1 Å². The van der Waals surface area contributed by atoms with Crippen LogP contribution in [0.4, 0.5) is 11.4 Å². The molecule has 1 aromatic rings. The molecule has 0 unspecified atom stereocenters. The Morgan fingerprint density at radius 3 is 2.56 bits per heavy atom. The van der Waals surface area contributed by atoms with Gasteiger partial charge in [0, 0.05) is 17.3 Å². The van der Waals surface area contributed by atoms with Crippen molar-refractivity contribution in [2.75, 3.05) is 5.73 Å². The highest BCUT2D eigenvalue weighted by molar-refractivity contribution is 7.89. The number of sulfonamides is 1. The fraction of sp³-hybridized carbons (Fsp3) is 0.400. The van der Waals surface area contributed by atoms with Crippen molar-refractivity contribution in [3.8, 4) is 0 Å². The van der Waals surface area contributed by atoms with Crippen LogP contribution in [0.5, 0.6) is 0 Å². The summed E-state index contributed by atoms with van der Waals surface area (Å²) < 4.78 is 26.6. The maximum absolute atomic E-state index is 12.1. The lowest BCUT2D eigenvalue weighted by Gasteiger charge is -2.12. The van der Waals surface area contributed by atoms with E-state index in [1.165, 1.54) is 6.07 Å². The highest BCUT2D eigenvalue weighted by Gasteiger charge is 2.42. The van der Waals surface area contributed by atoms with Crippen LogP contribution in [0, 0.1) is 10.1 Å². The third-order valence-corrected chi connectivity index (χ3v) is 4.54. The number of hydrogen-bond donors (Lipinski definition) is 2. The van der Waals surface area contributed by atoms with E-state index < -0.39 is 26.2 Å². The minimum atomic E-state index is -3.90. The van der Waals surface area contributed by atoms with Crippen molar-refractivity contribution in [2.24, 2.45) is 0 Å². The number of nitro groups is 1. The second-order valence-corrected chi connectivity index (χ2v) is 6.30. The fourth-order valence-corrected chi connectivity index (χ4v) is 3.19. The first-order valence-corrected chi connectivity index (χ1v) is 6.80. The molecule has 0 atom stereocenters. The molecule has 0 aromatic heterocycles. The van der Waals surface area contributed by atoms with Crippen molar-refractivity contribution in [3.63, 3.8) is 0 Å². The van der Waals surface area contributed by atoms with E-state index in [0.29, 0.717) is 0 Å². The third kappa shape index (κ3) is 2.44. The topological polar surface area (TPSA) is 115 Å². The average Bonchev–Trinajstić information content (AvgIpc) is 2.94. The molecule has 18 heavy (non-hydrogen) atoms. The first kappa shape index (κ1) is 12.8. The molecule has 0 bridgehead atoms. The normalized spacial score (nSPS) is 17.4. The Morgan fingerprint density at radius 1 is 1.44 bits per heavy atom. The van der Waals surface area contributed by atoms with Gasteiger partial charge < -0.3 is 5.73 Å². The van der Waals surface area contributed by atoms with Crippen LogP contribution in [0.1, 0.15) is 19.8 Å². The first-order chi connectivity index (χ1) is 8.23. The predicted molar refractivity (Wildman–Crippen MR) is 65.5 cm³/mol. The van der Waals surface area contributed by atoms with Gasteiger partial charge in [0.05, 0.1) is 4.92 Å². The highest BCUT2D eigenvalue weighted by atomic mass is 32.2. The Bertz CT molecular complexity index is 608. The number of hydrogen-bond acceptors (Lipinski definition) is 5. The van der Waals surface area contributed by atoms with Crippen molar-refractivity contribution in [1.82, 2.24) is 4.72 Å². The molecule has 0 saturated heterocycles. The predicted octanol–water partition coefficient (Wildman–Crippen LogP) is 1.01. The number of anilines is 1. The van der Waals surface area contributed by atoms with E-state index in [0.717, 1.165) is 25.0 Å². The smallest absolute Gasteiger partial charge is 0.291 e. The van der Waals surface area contributed by atoms with E-state index in [-0.39, 0.29) is 10.6 Å². The number of nitrogen functional groups attached to an aromatic ring is 1. The molecule has 0 radical (unpaired) electrons. The molecule has 0 amide bonds. The van der Waals surface area contributed by atoms with Crippen LogP contribution in [0.3, 0.4) is 0 Å². The number of nitrogens with one attached hydrogen (secondary N) is 1. The summed E-state index contributed by atoms with van der Waals surface area (Å²) in [4.78, 5) is 9.76. The van der Waals surface area contributed by atoms with E-state index >= 15 is 0 Å². The van der Waals surface area contributed by atoms with Gasteiger partial charge in [-0.1, -0.05) is 0 Å². The molecular weight excluding hydrogens is 258 g/mol. The molecule has 1 aliphatic carbocycles. The zero-order chi connectivity index (χ0) is 13.6. The third-order valence-electron chi connectivity index (χ3n) is 2.85. The molecule has 0 spiro atoms. The van der Waals surface area contributed by atoms with Gasteiger partial charge in [0.1, 0.15) is 0 Å². The monoisotopic (exact) mass is 271 g/mol. The van der Waals surface area contributed by atoms with E-state index in [9.17, 15) is 18.5 Å². The van der Waals surface area contributed by atoms with Crippen LogP contribution in [-0.2, 0) is 10.0 Å². The Morgan fingerprint density at radius 2 is 2.06 bits per heavy atom. The molecule has 0 aliphatic heterocycles. The summed E-state index contributed by atoms with van der Waals surface area (Å²) in [6.07, 6.45) is 1.46. The van der Waals surface area contributed by atoms with Crippen LogP contribution in [-0.4, -0.2) is 18.9 Å². The fourth-order valence-electron chi connectivity index (χ4n) is 1.57. The lowest BCUT2D eigenvalue weighted by molar-refractivity contribution is -0.387. The van der Waals surface area contributed by atoms with Crippen LogP contribution < -0.4 is 10.5 Å². The molecule has 1 fully saturated rings. The summed E-state index contributed by atoms with van der Waals surface area (Å²) in [6.45, 7) is 1.76. The Labute approximate surface area is 104 Å². The second-order valence-electron chi connectivity index (χ2n) is 4.65. The number of nitrogens with zero attached hydrogens (tertiary/aromatic N) is 1. The average molecular weight is 271 g/mol. The van der Waals surface area contributed by atoms with E-state index in [1.807, 2.05) is 0 Å². The molecular formula is C10H13N3O4S. The van der Waals surface area contributed by atoms with Crippen LogP contribution in [0.2, 0.25) is 0 Å². The summed E-state index contributed by atoms with van der Waals surface area (Å²) in [5, 5.41) is 10.9. The zero-order valence-electron chi connectivity index (χ0n) is 9.71. The van der Waals surface area contributed by atoms with Crippen molar-refractivity contribution in [1.29, 1.82) is 0 Å². The zero-order valence-corrected chi connectivity index (χ0v) is 10.5. The minimum Gasteiger partial charge on any atom is -0.399 e. The van der Waals surface area contributed by atoms with Gasteiger partial charge in [-0.2, -0.15) is 0 Å². The van der Waals surface area contributed by atoms with Gasteiger partial charge in [-0.05, 0) is 31.9 Å². The molecule has 1 saturated carbocycles. The second kappa shape index (κ2) is 3.92. The van der Waals surface area contributed by atoms with Gasteiger partial charge in [-0.25, -0.2) is 13.1 Å². The molecule has 1 aliphatic rings. The van der Waals surface area contributed by atoms with Crippen molar-refractivity contribution in [3.05, 3.63) is 28.3 Å². The van der Waals surface area contributed by atoms with Crippen LogP contribution in [0.25, 0.3) is 0 Å². The van der Waals surface area contributed by atoms with Crippen molar-refractivity contribution in [2.45, 2.75) is 30.2 Å². The lowest BCUT2D eigenvalue weighted by atomic mass is 10.3. The molecule has 7 nitrogen and oxygen atoms in total. The standard InChI is InChI=1S/C10H13N3O4S/c1-10(4-5-10)12-18(16,17)9-3-2-7(11)6-8(9)13(14)15/h2-3,6,12H,4-5,11H2,1H3. The molecule has 8 heteroatoms. The lowest BCUT2D eigenvalue weighted by Crippen LogP contribution is -2.34. The van der Waals surface area contributed by atoms with Crippen LogP contribution >= 0.6 is 0 Å². The van der Waals surface area contributed by atoms with E-state index in [4.69, 9.17) is 5.73 Å². The quantitative estimate of drug-likeness (QED) is 0.481. The molecule has 0 heterocycles. The van der Waals surface area contributed by atoms with Gasteiger partial charge >= 0.3 is 0 Å². The van der Waals surface area contributed by atoms with Gasteiger partial charge in [-0.15, -0.1) is 0 Å². The number of benzene rings is 1. The minimum absolute atomic E-state index is 0.151.